The first-order valence-electron chi connectivity index (χ1n) is 8.94. The van der Waals surface area contributed by atoms with Crippen LogP contribution in [0.25, 0.3) is 0 Å². The van der Waals surface area contributed by atoms with E-state index in [9.17, 15) is 13.8 Å². The van der Waals surface area contributed by atoms with Crippen molar-refractivity contribution in [2.45, 2.75) is 77.2 Å². The normalized spacial score (nSPS) is 18.7. The number of nitrogens with one attached hydrogen (secondary N) is 1. The van der Waals surface area contributed by atoms with Gasteiger partial charge in [0.05, 0.1) is 6.61 Å². The van der Waals surface area contributed by atoms with Gasteiger partial charge in [0, 0.05) is 23.0 Å². The quantitative estimate of drug-likeness (QED) is 0.411. The second-order valence-corrected chi connectivity index (χ2v) is 7.77. The van der Waals surface area contributed by atoms with E-state index in [4.69, 9.17) is 4.74 Å². The van der Waals surface area contributed by atoms with Crippen molar-refractivity contribution >= 4 is 22.7 Å². The number of ether oxygens (including phenoxy) is 1. The minimum Gasteiger partial charge on any atom is -0.464 e. The molecule has 1 amide bonds. The van der Waals surface area contributed by atoms with Crippen molar-refractivity contribution in [3.05, 3.63) is 0 Å². The van der Waals surface area contributed by atoms with Crippen LogP contribution in [-0.4, -0.2) is 40.2 Å². The molecule has 1 N–H and O–H groups in total. The van der Waals surface area contributed by atoms with Crippen molar-refractivity contribution in [1.82, 2.24) is 5.32 Å². The maximum atomic E-state index is 11.8. The van der Waals surface area contributed by atoms with E-state index in [2.05, 4.69) is 12.2 Å². The van der Waals surface area contributed by atoms with Gasteiger partial charge in [-0.25, -0.2) is 4.79 Å². The predicted octanol–water partition coefficient (Wildman–Crippen LogP) is 2.70. The second-order valence-electron chi connectivity index (χ2n) is 6.19. The van der Waals surface area contributed by atoms with Crippen molar-refractivity contribution in [3.63, 3.8) is 0 Å². The summed E-state index contributed by atoms with van der Waals surface area (Å²) in [4.78, 5) is 22.9. The number of carbonyl (C=O) groups is 2. The number of cyclic esters (lactones) is 1. The number of unbranched alkanes of at least 4 members (excludes halogenated alkanes) is 8. The van der Waals surface area contributed by atoms with Gasteiger partial charge in [-0.3, -0.25) is 9.00 Å². The van der Waals surface area contributed by atoms with Crippen LogP contribution in [0.3, 0.4) is 0 Å². The summed E-state index contributed by atoms with van der Waals surface area (Å²) >= 11 is 0. The summed E-state index contributed by atoms with van der Waals surface area (Å²) in [6.45, 7) is 2.57. The van der Waals surface area contributed by atoms with Crippen LogP contribution in [0.1, 0.15) is 71.1 Å². The van der Waals surface area contributed by atoms with E-state index in [0.29, 0.717) is 18.8 Å². The third kappa shape index (κ3) is 9.74. The summed E-state index contributed by atoms with van der Waals surface area (Å²) < 4.78 is 16.6. The van der Waals surface area contributed by atoms with Crippen LogP contribution in [0, 0.1) is 0 Å². The molecule has 1 unspecified atom stereocenters. The Kier molecular flexibility index (Phi) is 10.9. The second kappa shape index (κ2) is 12.5. The van der Waals surface area contributed by atoms with Gasteiger partial charge in [-0.2, -0.15) is 0 Å². The maximum absolute atomic E-state index is 11.8. The Labute approximate surface area is 142 Å². The van der Waals surface area contributed by atoms with Crippen LogP contribution >= 0.6 is 0 Å². The highest BCUT2D eigenvalue weighted by Gasteiger charge is 2.28. The zero-order chi connectivity index (χ0) is 16.9. The van der Waals surface area contributed by atoms with Crippen LogP contribution < -0.4 is 5.32 Å². The zero-order valence-corrected chi connectivity index (χ0v) is 15.1. The summed E-state index contributed by atoms with van der Waals surface area (Å²) in [5, 5.41) is 2.59. The smallest absolute Gasteiger partial charge is 0.328 e. The van der Waals surface area contributed by atoms with Gasteiger partial charge in [-0.1, -0.05) is 58.3 Å². The van der Waals surface area contributed by atoms with Crippen molar-refractivity contribution in [2.24, 2.45) is 0 Å². The molecule has 134 valence electrons. The van der Waals surface area contributed by atoms with Gasteiger partial charge in [0.15, 0.2) is 0 Å². The molecule has 1 rings (SSSR count). The molecule has 1 heterocycles. The molecule has 0 saturated carbocycles. The van der Waals surface area contributed by atoms with E-state index in [1.807, 2.05) is 0 Å². The summed E-state index contributed by atoms with van der Waals surface area (Å²) in [5.41, 5.74) is 0. The zero-order valence-electron chi connectivity index (χ0n) is 14.3. The molecule has 0 spiro atoms. The largest absolute Gasteiger partial charge is 0.464 e. The average Bonchev–Trinajstić information content (AvgIpc) is 2.90. The number of amides is 1. The van der Waals surface area contributed by atoms with Gasteiger partial charge in [-0.05, 0) is 6.42 Å². The lowest BCUT2D eigenvalue weighted by atomic mass is 10.1. The van der Waals surface area contributed by atoms with Gasteiger partial charge in [0.2, 0.25) is 5.91 Å². The molecule has 2 atom stereocenters. The Bertz CT molecular complexity index is 387. The fourth-order valence-corrected chi connectivity index (χ4v) is 3.70. The lowest BCUT2D eigenvalue weighted by Gasteiger charge is -2.08. The lowest BCUT2D eigenvalue weighted by molar-refractivity contribution is -0.141. The first-order valence-corrected chi connectivity index (χ1v) is 10.4. The van der Waals surface area contributed by atoms with E-state index in [1.165, 1.54) is 44.9 Å². The number of rotatable bonds is 13. The molecule has 0 aromatic heterocycles. The van der Waals surface area contributed by atoms with E-state index < -0.39 is 16.8 Å². The molecule has 6 heteroatoms. The molecule has 0 aromatic carbocycles. The average molecular weight is 346 g/mol. The van der Waals surface area contributed by atoms with Crippen LogP contribution in [0.2, 0.25) is 0 Å². The molecule has 0 aromatic rings. The van der Waals surface area contributed by atoms with Crippen LogP contribution in [0.5, 0.6) is 0 Å². The van der Waals surface area contributed by atoms with Gasteiger partial charge in [-0.15, -0.1) is 0 Å². The Balaban J connectivity index is 1.95. The summed E-state index contributed by atoms with van der Waals surface area (Å²) in [6.07, 6.45) is 11.5. The third-order valence-electron chi connectivity index (χ3n) is 4.04. The topological polar surface area (TPSA) is 72.5 Å². The summed E-state index contributed by atoms with van der Waals surface area (Å²) in [7, 11) is -1.14. The summed E-state index contributed by atoms with van der Waals surface area (Å²) in [6, 6.07) is -0.549. The van der Waals surface area contributed by atoms with E-state index >= 15 is 0 Å². The fourth-order valence-electron chi connectivity index (χ4n) is 2.65. The minimum absolute atomic E-state index is 0.0131. The first-order chi connectivity index (χ1) is 11.1. The predicted molar refractivity (Wildman–Crippen MR) is 92.6 cm³/mol. The monoisotopic (exact) mass is 345 g/mol. The number of hydrogen-bond acceptors (Lipinski definition) is 4. The molecule has 0 aliphatic carbocycles. The standard InChI is InChI=1S/C17H31NO4S/c1-2-3-4-5-6-7-8-9-10-13-23(21)14-16(19)18-15-11-12-22-17(15)20/h15H,2-14H2,1H3,(H,18,19)/t15-,23?/m0/s1. The Morgan fingerprint density at radius 2 is 1.74 bits per heavy atom. The molecule has 0 bridgehead atoms. The maximum Gasteiger partial charge on any atom is 0.328 e. The molecule has 1 saturated heterocycles. The molecule has 0 radical (unpaired) electrons. The van der Waals surface area contributed by atoms with Gasteiger partial charge in [0.1, 0.15) is 11.8 Å². The molecule has 1 fully saturated rings. The number of esters is 1. The highest BCUT2D eigenvalue weighted by molar-refractivity contribution is 7.85. The third-order valence-corrected chi connectivity index (χ3v) is 5.37. The Hall–Kier alpha value is -0.910. The van der Waals surface area contributed by atoms with E-state index in [-0.39, 0.29) is 17.6 Å². The van der Waals surface area contributed by atoms with E-state index in [0.717, 1.165) is 12.8 Å². The van der Waals surface area contributed by atoms with Crippen LogP contribution in [0.15, 0.2) is 0 Å². The molecule has 1 aliphatic heterocycles. The van der Waals surface area contributed by atoms with Gasteiger partial charge in [0.25, 0.3) is 0 Å². The molecular weight excluding hydrogens is 314 g/mol. The SMILES string of the molecule is CCCCCCCCCCCS(=O)CC(=O)N[C@H]1CCOC1=O. The van der Waals surface area contributed by atoms with Gasteiger partial charge >= 0.3 is 5.97 Å². The first kappa shape index (κ1) is 20.1. The molecule has 5 nitrogen and oxygen atoms in total. The van der Waals surface area contributed by atoms with Crippen LogP contribution in [-0.2, 0) is 25.1 Å². The summed E-state index contributed by atoms with van der Waals surface area (Å²) in [5.74, 6) is -0.148. The fraction of sp³-hybridized carbons (Fsp3) is 0.882. The van der Waals surface area contributed by atoms with E-state index in [1.54, 1.807) is 0 Å². The van der Waals surface area contributed by atoms with Gasteiger partial charge < -0.3 is 10.1 Å². The lowest BCUT2D eigenvalue weighted by Crippen LogP contribution is -2.40. The highest BCUT2D eigenvalue weighted by Crippen LogP contribution is 2.10. The molecule has 1 aliphatic rings. The molecule has 23 heavy (non-hydrogen) atoms. The van der Waals surface area contributed by atoms with Crippen molar-refractivity contribution in [2.75, 3.05) is 18.1 Å². The van der Waals surface area contributed by atoms with Crippen molar-refractivity contribution in [3.8, 4) is 0 Å². The minimum atomic E-state index is -1.14. The van der Waals surface area contributed by atoms with Crippen molar-refractivity contribution in [1.29, 1.82) is 0 Å². The number of carbonyl (C=O) groups excluding carboxylic acids is 2. The van der Waals surface area contributed by atoms with Crippen LogP contribution in [0.4, 0.5) is 0 Å². The van der Waals surface area contributed by atoms with Crippen molar-refractivity contribution < 1.29 is 18.5 Å². The molecular formula is C17H31NO4S. The number of hydrogen-bond donors (Lipinski definition) is 1. The Morgan fingerprint density at radius 3 is 2.30 bits per heavy atom. The Morgan fingerprint density at radius 1 is 1.13 bits per heavy atom. The highest BCUT2D eigenvalue weighted by atomic mass is 32.2.